The Labute approximate surface area is 406 Å². The van der Waals surface area contributed by atoms with Gasteiger partial charge in [-0.15, -0.1) is 0 Å². The summed E-state index contributed by atoms with van der Waals surface area (Å²) in [6.45, 7) is 17.1. The maximum absolute atomic E-state index is 15.8. The lowest BCUT2D eigenvalue weighted by molar-refractivity contribution is -0.123. The van der Waals surface area contributed by atoms with Gasteiger partial charge >= 0.3 is 0 Å². The summed E-state index contributed by atoms with van der Waals surface area (Å²) < 4.78 is 47.0. The molecule has 2 atom stereocenters. The molecule has 3 aromatic rings. The van der Waals surface area contributed by atoms with E-state index in [9.17, 15) is 14.4 Å². The number of halogens is 3. The summed E-state index contributed by atoms with van der Waals surface area (Å²) in [6, 6.07) is 8.86. The van der Waals surface area contributed by atoms with Crippen LogP contribution in [0.15, 0.2) is 78.3 Å². The number of hydrogen-bond donors (Lipinski definition) is 3. The molecule has 5 aliphatic heterocycles. The first-order valence-corrected chi connectivity index (χ1v) is 24.9. The van der Waals surface area contributed by atoms with Crippen molar-refractivity contribution in [3.63, 3.8) is 0 Å². The van der Waals surface area contributed by atoms with Gasteiger partial charge in [0.2, 0.25) is 5.91 Å². The Morgan fingerprint density at radius 3 is 2.32 bits per heavy atom. The lowest BCUT2D eigenvalue weighted by Gasteiger charge is -2.39. The molecule has 8 rings (SSSR count). The SMILES string of the molecule is CC.CNC1=CCCN(c2ccnc(C)c2/C=C(\C)C(C)N2CC=C(c3c(F)cc(C(=O)N4CCC(CN5CCN(c6ccc(NC7CCC(=O)CNC7=O)cc6F)CC5)CC4)cc3F)CC2)C=C1. The van der Waals surface area contributed by atoms with Gasteiger partial charge in [0.1, 0.15) is 23.5 Å². The largest absolute Gasteiger partial charge is 0.388 e. The second-order valence-electron chi connectivity index (χ2n) is 18.6. The van der Waals surface area contributed by atoms with Crippen LogP contribution in [-0.4, -0.2) is 128 Å². The van der Waals surface area contributed by atoms with Crippen LogP contribution < -0.4 is 25.8 Å². The zero-order valence-corrected chi connectivity index (χ0v) is 41.2. The van der Waals surface area contributed by atoms with Crippen LogP contribution in [0, 0.1) is 30.3 Å². The average molecular weight is 950 g/mol. The van der Waals surface area contributed by atoms with Crippen LogP contribution >= 0.6 is 0 Å². The number of hydrogen-bond acceptors (Lipinski definition) is 10. The summed E-state index contributed by atoms with van der Waals surface area (Å²) in [5.41, 5.74) is 6.98. The number of rotatable bonds is 12. The molecule has 2 aromatic carbocycles. The maximum Gasteiger partial charge on any atom is 0.254 e. The number of anilines is 3. The van der Waals surface area contributed by atoms with Gasteiger partial charge < -0.3 is 30.7 Å². The number of nitrogens with one attached hydrogen (secondary N) is 3. The quantitative estimate of drug-likeness (QED) is 0.164. The molecule has 370 valence electrons. The molecule has 2 amide bonds. The van der Waals surface area contributed by atoms with E-state index >= 15 is 13.2 Å². The van der Waals surface area contributed by atoms with Crippen molar-refractivity contribution in [2.45, 2.75) is 85.2 Å². The summed E-state index contributed by atoms with van der Waals surface area (Å²) >= 11 is 0. The van der Waals surface area contributed by atoms with E-state index in [4.69, 9.17) is 0 Å². The number of aryl methyl sites for hydroxylation is 1. The number of carbonyl (C=O) groups excluding carboxylic acids is 3. The molecule has 69 heavy (non-hydrogen) atoms. The van der Waals surface area contributed by atoms with E-state index in [-0.39, 0.29) is 47.1 Å². The second-order valence-corrected chi connectivity index (χ2v) is 18.6. The maximum atomic E-state index is 15.8. The minimum atomic E-state index is -0.713. The van der Waals surface area contributed by atoms with Gasteiger partial charge in [0.15, 0.2) is 5.78 Å². The lowest BCUT2D eigenvalue weighted by atomic mass is 9.94. The molecule has 5 aliphatic rings. The minimum absolute atomic E-state index is 0.0203. The number of benzene rings is 2. The molecule has 0 radical (unpaired) electrons. The number of aromatic nitrogens is 1. The van der Waals surface area contributed by atoms with E-state index in [0.29, 0.717) is 81.4 Å². The molecular formula is C54H70F3N9O3. The number of likely N-dealkylation sites (tertiary alicyclic amines) is 1. The third-order valence-corrected chi connectivity index (χ3v) is 14.3. The number of nitrogens with zero attached hydrogens (tertiary/aromatic N) is 6. The Hall–Kier alpha value is -5.93. The third kappa shape index (κ3) is 12.5. The summed E-state index contributed by atoms with van der Waals surface area (Å²) in [5.74, 6) is -2.06. The third-order valence-electron chi connectivity index (χ3n) is 14.3. The molecule has 0 spiro atoms. The lowest BCUT2D eigenvalue weighted by Crippen LogP contribution is -2.49. The molecule has 1 aromatic heterocycles. The van der Waals surface area contributed by atoms with Crippen molar-refractivity contribution in [3.05, 3.63) is 118 Å². The molecule has 0 saturated carbocycles. The number of likely N-dealkylation sites (N-methyl/N-ethyl adjacent to an activating group) is 1. The van der Waals surface area contributed by atoms with Crippen LogP contribution in [0.25, 0.3) is 11.6 Å². The Morgan fingerprint density at radius 1 is 0.899 bits per heavy atom. The molecule has 2 unspecified atom stereocenters. The van der Waals surface area contributed by atoms with E-state index in [1.807, 2.05) is 45.0 Å². The van der Waals surface area contributed by atoms with Crippen LogP contribution in [0.3, 0.4) is 0 Å². The number of piperidine rings is 1. The fourth-order valence-electron chi connectivity index (χ4n) is 10.0. The molecule has 0 aliphatic carbocycles. The van der Waals surface area contributed by atoms with E-state index < -0.39 is 17.7 Å². The van der Waals surface area contributed by atoms with Crippen molar-refractivity contribution < 1.29 is 27.6 Å². The normalized spacial score (nSPS) is 20.5. The molecule has 3 N–H and O–H groups in total. The zero-order chi connectivity index (χ0) is 49.2. The van der Waals surface area contributed by atoms with Gasteiger partial charge in [-0.05, 0) is 107 Å². The summed E-state index contributed by atoms with van der Waals surface area (Å²) in [7, 11) is 1.93. The Morgan fingerprint density at radius 2 is 1.64 bits per heavy atom. The van der Waals surface area contributed by atoms with Gasteiger partial charge in [-0.2, -0.15) is 0 Å². The highest BCUT2D eigenvalue weighted by molar-refractivity contribution is 5.95. The number of amides is 2. The van der Waals surface area contributed by atoms with Gasteiger partial charge in [-0.3, -0.25) is 29.2 Å². The summed E-state index contributed by atoms with van der Waals surface area (Å²) in [5, 5.41) is 8.92. The number of Topliss-reactive ketones (excluding diaryl/α,β-unsaturated/α-hetero) is 1. The van der Waals surface area contributed by atoms with E-state index in [0.717, 1.165) is 68.1 Å². The molecule has 6 heterocycles. The highest BCUT2D eigenvalue weighted by atomic mass is 19.1. The van der Waals surface area contributed by atoms with Crippen molar-refractivity contribution in [2.24, 2.45) is 5.92 Å². The van der Waals surface area contributed by atoms with Crippen molar-refractivity contribution >= 4 is 46.3 Å². The Balaban J connectivity index is 0.00000347. The van der Waals surface area contributed by atoms with Gasteiger partial charge in [0, 0.05) is 131 Å². The number of pyridine rings is 1. The fraction of sp³-hybridized carbons (Fsp3) is 0.481. The molecular weight excluding hydrogens is 880 g/mol. The van der Waals surface area contributed by atoms with Crippen molar-refractivity contribution in [1.29, 1.82) is 0 Å². The van der Waals surface area contributed by atoms with Crippen LogP contribution in [0.2, 0.25) is 0 Å². The first-order valence-electron chi connectivity index (χ1n) is 24.9. The number of ketones is 1. The van der Waals surface area contributed by atoms with Crippen molar-refractivity contribution in [2.75, 3.05) is 94.2 Å². The van der Waals surface area contributed by atoms with Crippen molar-refractivity contribution in [3.8, 4) is 0 Å². The summed E-state index contributed by atoms with van der Waals surface area (Å²) in [6.07, 6.45) is 16.0. The first-order chi connectivity index (χ1) is 33.3. The number of carbonyl (C=O) groups is 3. The molecule has 3 fully saturated rings. The van der Waals surface area contributed by atoms with Gasteiger partial charge in [0.05, 0.1) is 17.9 Å². The van der Waals surface area contributed by atoms with E-state index in [1.54, 1.807) is 17.0 Å². The minimum Gasteiger partial charge on any atom is -0.388 e. The van der Waals surface area contributed by atoms with E-state index in [1.165, 1.54) is 23.8 Å². The Bertz CT molecular complexity index is 2430. The molecule has 15 heteroatoms. The molecule has 12 nitrogen and oxygen atoms in total. The van der Waals surface area contributed by atoms with E-state index in [2.05, 4.69) is 80.0 Å². The monoisotopic (exact) mass is 950 g/mol. The summed E-state index contributed by atoms with van der Waals surface area (Å²) in [4.78, 5) is 53.0. The van der Waals surface area contributed by atoms with Crippen LogP contribution in [-0.2, 0) is 9.59 Å². The predicted molar refractivity (Wildman–Crippen MR) is 271 cm³/mol. The van der Waals surface area contributed by atoms with Crippen LogP contribution in [0.1, 0.15) is 93.4 Å². The second kappa shape index (κ2) is 23.6. The fourth-order valence-corrected chi connectivity index (χ4v) is 10.0. The smallest absolute Gasteiger partial charge is 0.254 e. The van der Waals surface area contributed by atoms with Crippen LogP contribution in [0.4, 0.5) is 30.2 Å². The van der Waals surface area contributed by atoms with Crippen LogP contribution in [0.5, 0.6) is 0 Å². The molecule has 3 saturated heterocycles. The zero-order valence-electron chi connectivity index (χ0n) is 41.2. The van der Waals surface area contributed by atoms with Gasteiger partial charge in [-0.25, -0.2) is 13.2 Å². The Kier molecular flexibility index (Phi) is 17.4. The standard InChI is InChI=1S/C52H64F3N9O3.C2H6/c1-34(28-43-35(2)57-17-11-48(43)62-18-5-6-40(56-4)16-23-62)36(3)61-21-14-38(15-22-61)50-45(54)29-39(30-46(50)55)52(67)64-19-12-37(13-20-64)33-60-24-26-63(27-25-60)49-10-7-41(31-44(49)53)59-47-9-8-42(65)32-58-51(47)66;1-2/h6-7,10-11,14,16-17,23,28-31,36-37,47,56,59H,5,8-9,12-13,15,18-22,24-27,32-33H2,1-4H3,(H,58,66);1-2H3/b34-28+;. The van der Waals surface area contributed by atoms with Crippen molar-refractivity contribution in [1.82, 2.24) is 30.3 Å². The highest BCUT2D eigenvalue weighted by Gasteiger charge is 2.30. The molecule has 0 bridgehead atoms. The first kappa shape index (κ1) is 50.9. The predicted octanol–water partition coefficient (Wildman–Crippen LogP) is 8.18. The van der Waals surface area contributed by atoms with Gasteiger partial charge in [0.25, 0.3) is 5.91 Å². The number of piperazine rings is 1. The average Bonchev–Trinajstić information content (AvgIpc) is 3.70. The highest BCUT2D eigenvalue weighted by Crippen LogP contribution is 2.33. The number of allylic oxidation sites excluding steroid dienone is 1. The topological polar surface area (TPSA) is 116 Å². The van der Waals surface area contributed by atoms with Gasteiger partial charge in [-0.1, -0.05) is 37.6 Å².